The van der Waals surface area contributed by atoms with Gasteiger partial charge in [0.15, 0.2) is 5.76 Å². The average molecular weight is 392 g/mol. The summed E-state index contributed by atoms with van der Waals surface area (Å²) in [7, 11) is 3.12. The molecule has 1 saturated heterocycles. The van der Waals surface area contributed by atoms with Crippen molar-refractivity contribution in [2.75, 3.05) is 14.2 Å². The zero-order chi connectivity index (χ0) is 20.6. The Morgan fingerprint density at radius 1 is 1.18 bits per heavy atom. The molecule has 1 N–H and O–H groups in total. The number of methoxy groups -OCH3 is 2. The molecular weight excluding hydrogens is 360 g/mol. The van der Waals surface area contributed by atoms with Gasteiger partial charge in [-0.1, -0.05) is 27.7 Å². The summed E-state index contributed by atoms with van der Waals surface area (Å²) in [5.41, 5.74) is -1.29. The second-order valence-corrected chi connectivity index (χ2v) is 9.73. The van der Waals surface area contributed by atoms with Gasteiger partial charge in [-0.05, 0) is 36.2 Å². The van der Waals surface area contributed by atoms with Crippen LogP contribution in [0.4, 0.5) is 0 Å². The van der Waals surface area contributed by atoms with E-state index >= 15 is 0 Å². The first-order valence-corrected chi connectivity index (χ1v) is 10.3. The van der Waals surface area contributed by atoms with E-state index in [4.69, 9.17) is 14.2 Å². The molecule has 1 aliphatic heterocycles. The molecule has 4 rings (SSSR count). The molecule has 0 bridgehead atoms. The smallest absolute Gasteiger partial charge is 0.306 e. The molecule has 3 aliphatic carbocycles. The molecule has 3 fully saturated rings. The van der Waals surface area contributed by atoms with Gasteiger partial charge in [-0.3, -0.25) is 9.59 Å². The van der Waals surface area contributed by atoms with Gasteiger partial charge in [-0.2, -0.15) is 0 Å². The zero-order valence-corrected chi connectivity index (χ0v) is 17.6. The fourth-order valence-corrected chi connectivity index (χ4v) is 7.54. The highest BCUT2D eigenvalue weighted by Crippen LogP contribution is 2.68. The number of aliphatic hydroxyl groups is 1. The van der Waals surface area contributed by atoms with Gasteiger partial charge in [-0.25, -0.2) is 0 Å². The van der Waals surface area contributed by atoms with Crippen LogP contribution < -0.4 is 0 Å². The Kier molecular flexibility index (Phi) is 4.47. The molecule has 0 aromatic carbocycles. The molecule has 0 aromatic heterocycles. The quantitative estimate of drug-likeness (QED) is 0.727. The number of carbonyl (C=O) groups excluding carboxylic acids is 2. The lowest BCUT2D eigenvalue weighted by atomic mass is 9.38. The number of esters is 1. The number of ether oxygens (including phenoxy) is 3. The maximum Gasteiger partial charge on any atom is 0.306 e. The Bertz CT molecular complexity index is 731. The first-order valence-electron chi connectivity index (χ1n) is 10.3. The van der Waals surface area contributed by atoms with Crippen molar-refractivity contribution in [2.24, 2.45) is 40.4 Å². The van der Waals surface area contributed by atoms with Crippen molar-refractivity contribution < 1.29 is 28.9 Å². The number of fused-ring (bicyclic) bond motifs is 2. The minimum atomic E-state index is -0.819. The van der Waals surface area contributed by atoms with Crippen molar-refractivity contribution >= 4 is 11.8 Å². The molecule has 4 aliphatic rings. The third-order valence-corrected chi connectivity index (χ3v) is 8.79. The first kappa shape index (κ1) is 19.9. The Labute approximate surface area is 166 Å². The maximum absolute atomic E-state index is 13.6. The largest absolute Gasteiger partial charge is 0.493 e. The van der Waals surface area contributed by atoms with E-state index in [2.05, 4.69) is 13.8 Å². The maximum atomic E-state index is 13.6. The number of allylic oxidation sites excluding steroid dienone is 2. The number of hydrogen-bond acceptors (Lipinski definition) is 6. The monoisotopic (exact) mass is 392 g/mol. The Morgan fingerprint density at radius 3 is 2.46 bits per heavy atom. The predicted molar refractivity (Wildman–Crippen MR) is 101 cm³/mol. The van der Waals surface area contributed by atoms with E-state index in [1.807, 2.05) is 19.9 Å². The van der Waals surface area contributed by atoms with Crippen LogP contribution in [0.5, 0.6) is 0 Å². The summed E-state index contributed by atoms with van der Waals surface area (Å²) in [5.74, 6) is -0.213. The molecule has 4 unspecified atom stereocenters. The fraction of sp³-hybridized carbons (Fsp3) is 0.818. The molecule has 1 heterocycles. The summed E-state index contributed by atoms with van der Waals surface area (Å²) in [6.45, 7) is 8.20. The lowest BCUT2D eigenvalue weighted by Crippen LogP contribution is -2.73. The normalized spacial score (nSPS) is 52.9. The summed E-state index contributed by atoms with van der Waals surface area (Å²) in [5, 5.41) is 11.5. The predicted octanol–water partition coefficient (Wildman–Crippen LogP) is 2.34. The van der Waals surface area contributed by atoms with E-state index in [0.717, 1.165) is 0 Å². The number of rotatable bonds is 2. The van der Waals surface area contributed by atoms with Crippen LogP contribution in [0.15, 0.2) is 11.8 Å². The van der Waals surface area contributed by atoms with Crippen molar-refractivity contribution in [3.63, 3.8) is 0 Å². The number of aliphatic hydroxyl groups excluding tert-OH is 1. The van der Waals surface area contributed by atoms with Crippen LogP contribution in [-0.4, -0.2) is 49.4 Å². The molecule has 156 valence electrons. The lowest BCUT2D eigenvalue weighted by molar-refractivity contribution is -0.280. The molecule has 0 radical (unpaired) electrons. The van der Waals surface area contributed by atoms with E-state index in [0.29, 0.717) is 18.6 Å². The van der Waals surface area contributed by atoms with Gasteiger partial charge < -0.3 is 19.3 Å². The number of hydrogen-bond donors (Lipinski definition) is 1. The third kappa shape index (κ3) is 2.22. The van der Waals surface area contributed by atoms with Crippen LogP contribution in [0.1, 0.15) is 40.5 Å². The van der Waals surface area contributed by atoms with Crippen molar-refractivity contribution in [1.29, 1.82) is 0 Å². The van der Waals surface area contributed by atoms with Crippen molar-refractivity contribution in [2.45, 2.75) is 58.8 Å². The van der Waals surface area contributed by atoms with Gasteiger partial charge in [-0.15, -0.1) is 0 Å². The summed E-state index contributed by atoms with van der Waals surface area (Å²) >= 11 is 0. The highest BCUT2D eigenvalue weighted by atomic mass is 16.5. The molecule has 10 atom stereocenters. The van der Waals surface area contributed by atoms with Crippen LogP contribution in [0.25, 0.3) is 0 Å². The third-order valence-electron chi connectivity index (χ3n) is 8.79. The van der Waals surface area contributed by atoms with Crippen molar-refractivity contribution in [1.82, 2.24) is 0 Å². The van der Waals surface area contributed by atoms with Gasteiger partial charge in [0.25, 0.3) is 0 Å². The standard InChI is InChI=1S/C22H32O6/c1-10-7-14(26-5)20(25)22(4)12(10)8-15-21(3)13(9-16(23)28-15)11(2)18(27-6)17(24)19(21)22/h7,10-13,15,17-19,24H,8-9H2,1-6H3/t10?,11-,12?,13+,15-,17?,18+,19?,21-,22+/m1/s1. The highest BCUT2D eigenvalue weighted by molar-refractivity contribution is 5.99. The van der Waals surface area contributed by atoms with Crippen LogP contribution in [0.2, 0.25) is 0 Å². The van der Waals surface area contributed by atoms with Crippen LogP contribution in [0.3, 0.4) is 0 Å². The van der Waals surface area contributed by atoms with Gasteiger partial charge >= 0.3 is 5.97 Å². The summed E-state index contributed by atoms with van der Waals surface area (Å²) in [6, 6.07) is 0. The highest BCUT2D eigenvalue weighted by Gasteiger charge is 2.73. The SMILES string of the molecule is COC1=CC(C)C2C[C@H]3OC(=O)C[C@H]4[C@@H](C)[C@H](OC)C(O)C([C@@]2(C)C1=O)[C@@]34C. The molecule has 6 nitrogen and oxygen atoms in total. The molecule has 0 aromatic rings. The molecule has 6 heteroatoms. The van der Waals surface area contributed by atoms with E-state index in [1.165, 1.54) is 7.11 Å². The van der Waals surface area contributed by atoms with E-state index in [1.54, 1.807) is 7.11 Å². The Hall–Kier alpha value is -1.40. The van der Waals surface area contributed by atoms with Gasteiger partial charge in [0.2, 0.25) is 5.78 Å². The van der Waals surface area contributed by atoms with Crippen molar-refractivity contribution in [3.8, 4) is 0 Å². The zero-order valence-electron chi connectivity index (χ0n) is 17.6. The molecule has 0 spiro atoms. The molecule has 0 amide bonds. The van der Waals surface area contributed by atoms with Crippen LogP contribution in [0, 0.1) is 40.4 Å². The summed E-state index contributed by atoms with van der Waals surface area (Å²) < 4.78 is 17.0. The fourth-order valence-electron chi connectivity index (χ4n) is 7.54. The second kappa shape index (κ2) is 6.30. The summed E-state index contributed by atoms with van der Waals surface area (Å²) in [4.78, 5) is 26.1. The number of Topliss-reactive ketones (excluding diaryl/α,β-unsaturated/α-hetero) is 1. The van der Waals surface area contributed by atoms with E-state index in [9.17, 15) is 14.7 Å². The van der Waals surface area contributed by atoms with E-state index in [-0.39, 0.29) is 47.4 Å². The number of ketones is 1. The van der Waals surface area contributed by atoms with Gasteiger partial charge in [0, 0.05) is 30.3 Å². The Morgan fingerprint density at radius 2 is 1.86 bits per heavy atom. The van der Waals surface area contributed by atoms with Crippen molar-refractivity contribution in [3.05, 3.63) is 11.8 Å². The summed E-state index contributed by atoms with van der Waals surface area (Å²) in [6.07, 6.45) is 1.26. The topological polar surface area (TPSA) is 82.1 Å². The molecule has 28 heavy (non-hydrogen) atoms. The van der Waals surface area contributed by atoms with Gasteiger partial charge in [0.05, 0.1) is 19.3 Å². The Balaban J connectivity index is 1.93. The second-order valence-electron chi connectivity index (χ2n) is 9.73. The number of carbonyl (C=O) groups is 2. The van der Waals surface area contributed by atoms with Crippen LogP contribution >= 0.6 is 0 Å². The minimum absolute atomic E-state index is 0.00474. The average Bonchev–Trinajstić information content (AvgIpc) is 2.63. The van der Waals surface area contributed by atoms with Gasteiger partial charge in [0.1, 0.15) is 6.10 Å². The van der Waals surface area contributed by atoms with Crippen LogP contribution in [-0.2, 0) is 23.8 Å². The van der Waals surface area contributed by atoms with E-state index < -0.39 is 23.0 Å². The molecular formula is C22H32O6. The molecule has 2 saturated carbocycles. The lowest BCUT2D eigenvalue weighted by Gasteiger charge is -2.68. The first-order chi connectivity index (χ1) is 13.1. The minimum Gasteiger partial charge on any atom is -0.493 e.